The number of halogens is 3. The second-order valence-corrected chi connectivity index (χ2v) is 13.2. The zero-order chi connectivity index (χ0) is 27.4. The Bertz CT molecular complexity index is 1220. The lowest BCUT2D eigenvalue weighted by Gasteiger charge is -2.29. The minimum Gasteiger partial charge on any atom is -0.382 e. The summed E-state index contributed by atoms with van der Waals surface area (Å²) in [5.74, 6) is -2.65. The molecule has 1 aliphatic carbocycles. The van der Waals surface area contributed by atoms with Crippen molar-refractivity contribution in [2.75, 3.05) is 43.1 Å². The summed E-state index contributed by atoms with van der Waals surface area (Å²) in [6.45, 7) is 6.58. The van der Waals surface area contributed by atoms with E-state index in [1.165, 1.54) is 12.1 Å². The summed E-state index contributed by atoms with van der Waals surface area (Å²) in [6.07, 6.45) is 2.72. The van der Waals surface area contributed by atoms with Crippen LogP contribution in [0.15, 0.2) is 12.1 Å². The molecule has 2 aromatic rings. The van der Waals surface area contributed by atoms with Crippen LogP contribution >= 0.6 is 23.7 Å². The molecule has 1 aliphatic heterocycles. The van der Waals surface area contributed by atoms with Crippen LogP contribution in [0, 0.1) is 17.6 Å². The summed E-state index contributed by atoms with van der Waals surface area (Å²) >= 11 is 0.960. The van der Waals surface area contributed by atoms with Crippen molar-refractivity contribution in [1.82, 2.24) is 14.6 Å². The summed E-state index contributed by atoms with van der Waals surface area (Å²) in [4.78, 5) is 19.3. The second-order valence-electron chi connectivity index (χ2n) is 10.4. The number of sulfonamides is 1. The first kappa shape index (κ1) is 31.6. The maximum absolute atomic E-state index is 14.9. The van der Waals surface area contributed by atoms with Gasteiger partial charge >= 0.3 is 0 Å². The van der Waals surface area contributed by atoms with Crippen LogP contribution in [0.1, 0.15) is 60.3 Å². The largest absolute Gasteiger partial charge is 0.382 e. The van der Waals surface area contributed by atoms with Gasteiger partial charge in [-0.25, -0.2) is 26.9 Å². The van der Waals surface area contributed by atoms with E-state index in [0.29, 0.717) is 69.2 Å². The molecular formula is C25H36ClF2N5O4S2. The van der Waals surface area contributed by atoms with Gasteiger partial charge in [-0.1, -0.05) is 25.2 Å². The van der Waals surface area contributed by atoms with Crippen molar-refractivity contribution in [3.8, 4) is 0 Å². The second kappa shape index (κ2) is 13.6. The molecule has 9 nitrogen and oxygen atoms in total. The first-order chi connectivity index (χ1) is 18.0. The monoisotopic (exact) mass is 607 g/mol. The fourth-order valence-corrected chi connectivity index (χ4v) is 7.52. The summed E-state index contributed by atoms with van der Waals surface area (Å²) < 4.78 is 62.3. The Hall–Kier alpha value is -1.90. The zero-order valence-electron chi connectivity index (χ0n) is 22.0. The van der Waals surface area contributed by atoms with Gasteiger partial charge in [0.25, 0.3) is 0 Å². The molecule has 0 radical (unpaired) electrons. The number of benzene rings is 1. The number of carbonyl (C=O) groups is 1. The van der Waals surface area contributed by atoms with Crippen LogP contribution in [-0.4, -0.2) is 68.2 Å². The fourth-order valence-electron chi connectivity index (χ4n) is 4.89. The Morgan fingerprint density at radius 2 is 1.74 bits per heavy atom. The van der Waals surface area contributed by atoms with Crippen LogP contribution in [0.2, 0.25) is 0 Å². The third-order valence-electron chi connectivity index (χ3n) is 6.65. The summed E-state index contributed by atoms with van der Waals surface area (Å²) in [6, 6.07) is 2.28. The highest BCUT2D eigenvalue weighted by atomic mass is 35.5. The molecule has 1 saturated carbocycles. The number of hydrogen-bond acceptors (Lipinski definition) is 9. The molecule has 1 aromatic carbocycles. The van der Waals surface area contributed by atoms with Crippen LogP contribution in [-0.2, 0) is 21.3 Å². The van der Waals surface area contributed by atoms with Crippen LogP contribution in [0.25, 0.3) is 0 Å². The Morgan fingerprint density at radius 3 is 2.33 bits per heavy atom. The van der Waals surface area contributed by atoms with E-state index in [4.69, 9.17) is 10.5 Å². The van der Waals surface area contributed by atoms with E-state index in [1.807, 2.05) is 18.7 Å². The number of ether oxygens (including phenoxy) is 1. The summed E-state index contributed by atoms with van der Waals surface area (Å²) in [5, 5.41) is 3.63. The molecule has 2 aliphatic rings. The molecule has 0 atom stereocenters. The lowest BCUT2D eigenvalue weighted by molar-refractivity contribution is 0.0341. The van der Waals surface area contributed by atoms with Gasteiger partial charge in [0, 0.05) is 31.7 Å². The van der Waals surface area contributed by atoms with Gasteiger partial charge in [-0.3, -0.25) is 9.69 Å². The van der Waals surface area contributed by atoms with E-state index in [9.17, 15) is 22.0 Å². The number of nitrogens with one attached hydrogen (secondary N) is 2. The molecule has 1 aromatic heterocycles. The van der Waals surface area contributed by atoms with Crippen molar-refractivity contribution >= 4 is 50.5 Å². The number of hydrogen-bond donors (Lipinski definition) is 3. The molecule has 0 bridgehead atoms. The molecule has 14 heteroatoms. The topological polar surface area (TPSA) is 127 Å². The maximum Gasteiger partial charge on any atom is 0.212 e. The number of nitrogens with zero attached hydrogens (tertiary/aromatic N) is 2. The quantitative estimate of drug-likeness (QED) is 0.348. The van der Waals surface area contributed by atoms with Gasteiger partial charge in [-0.05, 0) is 49.3 Å². The van der Waals surface area contributed by atoms with Gasteiger partial charge in [0.2, 0.25) is 15.8 Å². The first-order valence-electron chi connectivity index (χ1n) is 12.9. The number of aromatic nitrogens is 1. The molecule has 218 valence electrons. The molecule has 1 saturated heterocycles. The van der Waals surface area contributed by atoms with Gasteiger partial charge in [0.05, 0.1) is 24.5 Å². The Kier molecular flexibility index (Phi) is 11.1. The number of nitrogen functional groups attached to an aromatic ring is 1. The molecule has 2 heterocycles. The van der Waals surface area contributed by atoms with E-state index >= 15 is 0 Å². The highest BCUT2D eigenvalue weighted by Crippen LogP contribution is 2.32. The SMILES string of the molecule is CC(C)CS(=O)(=O)NC1CCC(Nc2nc(N)c(C(=O)c3c(F)cc(CN4CCOCC4)cc3F)s2)CC1.Cl. The average Bonchev–Trinajstić information content (AvgIpc) is 3.19. The van der Waals surface area contributed by atoms with Crippen LogP contribution < -0.4 is 15.8 Å². The van der Waals surface area contributed by atoms with E-state index in [2.05, 4.69) is 15.0 Å². The van der Waals surface area contributed by atoms with E-state index in [-0.39, 0.29) is 46.9 Å². The van der Waals surface area contributed by atoms with E-state index in [1.54, 1.807) is 0 Å². The Labute approximate surface area is 238 Å². The predicted molar refractivity (Wildman–Crippen MR) is 151 cm³/mol. The third kappa shape index (κ3) is 8.54. The van der Waals surface area contributed by atoms with Crippen molar-refractivity contribution in [1.29, 1.82) is 0 Å². The smallest absolute Gasteiger partial charge is 0.212 e. The lowest BCUT2D eigenvalue weighted by Crippen LogP contribution is -2.41. The standard InChI is InChI=1S/C25H35F2N5O4S2.ClH/c1-15(2)14-38(34,35)31-18-5-3-17(4-6-18)29-25-30-24(28)23(37-25)22(33)21-19(26)11-16(12-20(21)27)13-32-7-9-36-10-8-32;/h11-12,15,17-18,31H,3-10,13-14,28H2,1-2H3,(H,29,30);1H. The van der Waals surface area contributed by atoms with Gasteiger partial charge in [0.1, 0.15) is 22.3 Å². The van der Waals surface area contributed by atoms with Crippen molar-refractivity contribution < 1.29 is 26.7 Å². The molecule has 39 heavy (non-hydrogen) atoms. The van der Waals surface area contributed by atoms with Crippen molar-refractivity contribution in [2.45, 2.75) is 58.2 Å². The maximum atomic E-state index is 14.9. The summed E-state index contributed by atoms with van der Waals surface area (Å²) in [7, 11) is -3.32. The highest BCUT2D eigenvalue weighted by Gasteiger charge is 2.28. The molecule has 4 N–H and O–H groups in total. The van der Waals surface area contributed by atoms with E-state index < -0.39 is 33.0 Å². The number of anilines is 2. The highest BCUT2D eigenvalue weighted by molar-refractivity contribution is 7.89. The Balaban J connectivity index is 0.00000420. The molecule has 4 rings (SSSR count). The van der Waals surface area contributed by atoms with Crippen molar-refractivity contribution in [3.63, 3.8) is 0 Å². The molecule has 2 fully saturated rings. The number of rotatable bonds is 10. The normalized spacial score (nSPS) is 20.5. The van der Waals surface area contributed by atoms with Crippen LogP contribution in [0.3, 0.4) is 0 Å². The Morgan fingerprint density at radius 1 is 1.15 bits per heavy atom. The fraction of sp³-hybridized carbons (Fsp3) is 0.600. The number of carbonyl (C=O) groups excluding carboxylic acids is 1. The van der Waals surface area contributed by atoms with Crippen LogP contribution in [0.4, 0.5) is 19.7 Å². The number of nitrogens with two attached hydrogens (primary N) is 1. The third-order valence-corrected chi connectivity index (χ3v) is 9.45. The van der Waals surface area contributed by atoms with Crippen LogP contribution in [0.5, 0.6) is 0 Å². The lowest BCUT2D eigenvalue weighted by atomic mass is 9.92. The number of morpholine rings is 1. The number of ketones is 1. The first-order valence-corrected chi connectivity index (χ1v) is 15.3. The molecule has 0 spiro atoms. The minimum absolute atomic E-state index is 0. The average molecular weight is 608 g/mol. The minimum atomic E-state index is -3.32. The molecule has 0 unspecified atom stereocenters. The molecular weight excluding hydrogens is 572 g/mol. The number of thiazole rings is 1. The van der Waals surface area contributed by atoms with Gasteiger partial charge in [0.15, 0.2) is 5.13 Å². The van der Waals surface area contributed by atoms with Crippen molar-refractivity contribution in [2.24, 2.45) is 5.92 Å². The zero-order valence-corrected chi connectivity index (χ0v) is 24.5. The van der Waals surface area contributed by atoms with Crippen molar-refractivity contribution in [3.05, 3.63) is 39.8 Å². The predicted octanol–water partition coefficient (Wildman–Crippen LogP) is 3.79. The van der Waals surface area contributed by atoms with Gasteiger partial charge < -0.3 is 15.8 Å². The van der Waals surface area contributed by atoms with Gasteiger partial charge in [-0.2, -0.15) is 0 Å². The van der Waals surface area contributed by atoms with E-state index in [0.717, 1.165) is 11.3 Å². The molecule has 0 amide bonds. The summed E-state index contributed by atoms with van der Waals surface area (Å²) in [5.41, 5.74) is 5.77. The van der Waals surface area contributed by atoms with Gasteiger partial charge in [-0.15, -0.1) is 12.4 Å².